The number of fused-ring (bicyclic) bond motifs is 6. The molecule has 10 rings (SSSR count). The fraction of sp³-hybridized carbons (Fsp3) is 0. The third-order valence-corrected chi connectivity index (χ3v) is 14.8. The van der Waals surface area contributed by atoms with Gasteiger partial charge in [-0.3, -0.25) is 0 Å². The molecule has 6 heteroatoms. The maximum atomic E-state index is 6.95. The molecule has 53 heavy (non-hydrogen) atoms. The fourth-order valence-corrected chi connectivity index (χ4v) is 13.0. The number of pyridine rings is 1. The third-order valence-electron chi connectivity index (χ3n) is 9.94. The first-order valence-corrected chi connectivity index (χ1v) is 19.3. The topological polar surface area (TPSA) is 38.5 Å². The molecule has 256 valence electrons. The molecule has 0 radical (unpaired) electrons. The minimum atomic E-state index is -3.01. The first-order valence-electron chi connectivity index (χ1n) is 17.3. The van der Waals surface area contributed by atoms with Gasteiger partial charge in [-0.05, 0) is 30.0 Å². The van der Waals surface area contributed by atoms with Crippen molar-refractivity contribution in [1.82, 2.24) is 4.98 Å². The van der Waals surface area contributed by atoms with Gasteiger partial charge < -0.3 is 19.0 Å². The summed E-state index contributed by atoms with van der Waals surface area (Å²) in [6.07, 6.45) is 1.78. The summed E-state index contributed by atoms with van der Waals surface area (Å²) in [4.78, 5) is 6.77. The quantitative estimate of drug-likeness (QED) is 0.125. The van der Waals surface area contributed by atoms with Crippen LogP contribution in [0.4, 0.5) is 17.1 Å². The van der Waals surface area contributed by atoms with E-state index in [0.717, 1.165) is 50.3 Å². The van der Waals surface area contributed by atoms with Crippen molar-refractivity contribution in [3.8, 4) is 22.8 Å². The Hall–Kier alpha value is -6.03. The minimum Gasteiger partial charge on any atom is -0.503 e. The van der Waals surface area contributed by atoms with Gasteiger partial charge in [-0.15, -0.1) is 47.1 Å². The van der Waals surface area contributed by atoms with E-state index in [2.05, 4.69) is 137 Å². The maximum absolute atomic E-state index is 6.95. The molecule has 0 N–H and O–H groups in total. The van der Waals surface area contributed by atoms with Crippen LogP contribution < -0.4 is 30.4 Å². The predicted molar refractivity (Wildman–Crippen MR) is 212 cm³/mol. The molecule has 0 aliphatic carbocycles. The molecule has 3 heterocycles. The molecule has 0 amide bonds. The van der Waals surface area contributed by atoms with E-state index in [-0.39, 0.29) is 20.4 Å². The number of furan rings is 1. The van der Waals surface area contributed by atoms with Crippen LogP contribution >= 0.6 is 0 Å². The zero-order chi connectivity index (χ0) is 34.5. The van der Waals surface area contributed by atoms with E-state index in [9.17, 15) is 0 Å². The molecule has 7 aromatic carbocycles. The van der Waals surface area contributed by atoms with E-state index in [0.29, 0.717) is 11.5 Å². The van der Waals surface area contributed by atoms with E-state index >= 15 is 0 Å². The van der Waals surface area contributed by atoms with E-state index in [1.807, 2.05) is 60.7 Å². The molecule has 0 fully saturated rings. The second-order valence-corrected chi connectivity index (χ2v) is 16.5. The molecule has 0 atom stereocenters. The number of para-hydroxylation sites is 2. The SMILES string of the molecule is [Pd].[c-]1c(Oc2[c-]c(N3c4[c-]cccc4[Si](c4ccccc4)(c4ccccc4)c4c3ccc3c4oc4ccccc43)ccc2)cccc1-c1ccccn1. The van der Waals surface area contributed by atoms with Gasteiger partial charge in [0.1, 0.15) is 19.2 Å². The molecule has 0 saturated heterocycles. The van der Waals surface area contributed by atoms with Crippen LogP contribution in [0.1, 0.15) is 0 Å². The van der Waals surface area contributed by atoms with Crippen LogP contribution in [0.15, 0.2) is 180 Å². The van der Waals surface area contributed by atoms with Crippen molar-refractivity contribution in [2.45, 2.75) is 0 Å². The molecule has 0 saturated carbocycles. The molecule has 9 aromatic rings. The van der Waals surface area contributed by atoms with Gasteiger partial charge in [0.2, 0.25) is 0 Å². The van der Waals surface area contributed by atoms with Crippen molar-refractivity contribution in [3.63, 3.8) is 0 Å². The van der Waals surface area contributed by atoms with Crippen LogP contribution in [-0.4, -0.2) is 13.1 Å². The van der Waals surface area contributed by atoms with Gasteiger partial charge in [-0.25, -0.2) is 0 Å². The van der Waals surface area contributed by atoms with Crippen LogP contribution in [0, 0.1) is 18.2 Å². The minimum absolute atomic E-state index is 0. The Balaban J connectivity index is 0.00000372. The Morgan fingerprint density at radius 1 is 0.604 bits per heavy atom. The summed E-state index contributed by atoms with van der Waals surface area (Å²) >= 11 is 0. The molecule has 4 nitrogen and oxygen atoms in total. The van der Waals surface area contributed by atoms with Crippen molar-refractivity contribution in [2.24, 2.45) is 0 Å². The van der Waals surface area contributed by atoms with Crippen molar-refractivity contribution < 1.29 is 29.6 Å². The zero-order valence-corrected chi connectivity index (χ0v) is 30.8. The van der Waals surface area contributed by atoms with E-state index in [4.69, 9.17) is 9.15 Å². The number of aromatic nitrogens is 1. The normalized spacial score (nSPS) is 12.9. The maximum Gasteiger partial charge on any atom is 0.136 e. The molecule has 1 aliphatic heterocycles. The van der Waals surface area contributed by atoms with Crippen LogP contribution in [0.2, 0.25) is 0 Å². The molecule has 0 unspecified atom stereocenters. The standard InChI is InChI=1S/C47H29N2O2Si.Pd/c1-3-19-37(20-4-1)52(38-21-5-2-6-22-38)45-27-10-8-25-42(45)49(43-29-28-40-39-23-7-9-26-44(39)51-46(40)47(43)52)34-16-14-18-36(32-34)50-35-17-13-15-33(31-35)41-24-11-12-30-48-41;/h1-24,26-30H;/q-3;. The van der Waals surface area contributed by atoms with Gasteiger partial charge in [0, 0.05) is 59.8 Å². The molecular weight excluding hydrogens is 759 g/mol. The number of ether oxygens (including phenoxy) is 1. The number of hydrogen-bond acceptors (Lipinski definition) is 4. The van der Waals surface area contributed by atoms with Gasteiger partial charge in [0.25, 0.3) is 0 Å². The Labute approximate surface area is 322 Å². The van der Waals surface area contributed by atoms with E-state index in [1.165, 1.54) is 20.7 Å². The summed E-state index contributed by atoms with van der Waals surface area (Å²) in [5.41, 5.74) is 6.34. The first-order chi connectivity index (χ1) is 25.8. The van der Waals surface area contributed by atoms with Gasteiger partial charge in [-0.2, -0.15) is 30.3 Å². The number of anilines is 3. The molecule has 1 aliphatic rings. The van der Waals surface area contributed by atoms with E-state index < -0.39 is 8.07 Å². The van der Waals surface area contributed by atoms with E-state index in [1.54, 1.807) is 6.20 Å². The Kier molecular flexibility index (Phi) is 8.37. The average Bonchev–Trinajstić information content (AvgIpc) is 3.60. The second-order valence-electron chi connectivity index (χ2n) is 12.8. The largest absolute Gasteiger partial charge is 0.503 e. The second kappa shape index (κ2) is 13.5. The summed E-state index contributed by atoms with van der Waals surface area (Å²) in [6, 6.07) is 69.6. The fourth-order valence-electron chi connectivity index (χ4n) is 7.81. The third kappa shape index (κ3) is 5.34. The Bertz CT molecular complexity index is 2700. The van der Waals surface area contributed by atoms with Crippen molar-refractivity contribution in [1.29, 1.82) is 0 Å². The molecule has 0 spiro atoms. The summed E-state index contributed by atoms with van der Waals surface area (Å²) in [7, 11) is -3.01. The molecule has 2 aromatic heterocycles. The summed E-state index contributed by atoms with van der Waals surface area (Å²) in [5, 5.41) is 7.18. The predicted octanol–water partition coefficient (Wildman–Crippen LogP) is 9.00. The van der Waals surface area contributed by atoms with Crippen LogP contribution in [0.3, 0.4) is 0 Å². The van der Waals surface area contributed by atoms with Crippen molar-refractivity contribution in [3.05, 3.63) is 194 Å². The summed E-state index contributed by atoms with van der Waals surface area (Å²) in [6.45, 7) is 0. The van der Waals surface area contributed by atoms with Crippen LogP contribution in [0.5, 0.6) is 11.5 Å². The molecule has 0 bridgehead atoms. The summed E-state index contributed by atoms with van der Waals surface area (Å²) in [5.74, 6) is 1.17. The first kappa shape index (κ1) is 32.8. The smallest absolute Gasteiger partial charge is 0.136 e. The number of nitrogens with zero attached hydrogens (tertiary/aromatic N) is 2. The Morgan fingerprint density at radius 3 is 2.09 bits per heavy atom. The van der Waals surface area contributed by atoms with Crippen LogP contribution in [-0.2, 0) is 20.4 Å². The summed E-state index contributed by atoms with van der Waals surface area (Å²) < 4.78 is 13.4. The van der Waals surface area contributed by atoms with Crippen molar-refractivity contribution in [2.75, 3.05) is 4.90 Å². The number of benzene rings is 7. The molecular formula is C47H29N2O2PdSi-3. The van der Waals surface area contributed by atoms with Gasteiger partial charge in [0.05, 0.1) is 0 Å². The van der Waals surface area contributed by atoms with Crippen molar-refractivity contribution >= 4 is 67.8 Å². The average molecular weight is 788 g/mol. The number of hydrogen-bond donors (Lipinski definition) is 0. The van der Waals surface area contributed by atoms with Crippen LogP contribution in [0.25, 0.3) is 33.2 Å². The number of rotatable bonds is 6. The monoisotopic (exact) mass is 787 g/mol. The van der Waals surface area contributed by atoms with Gasteiger partial charge in [-0.1, -0.05) is 119 Å². The zero-order valence-electron chi connectivity index (χ0n) is 28.3. The van der Waals surface area contributed by atoms with Gasteiger partial charge in [0.15, 0.2) is 0 Å². The van der Waals surface area contributed by atoms with Gasteiger partial charge >= 0.3 is 0 Å². The Morgan fingerprint density at radius 2 is 1.32 bits per heavy atom.